The van der Waals surface area contributed by atoms with E-state index in [2.05, 4.69) is 20.6 Å². The molecule has 7 heteroatoms. The van der Waals surface area contributed by atoms with Crippen molar-refractivity contribution >= 4 is 17.7 Å². The van der Waals surface area contributed by atoms with Crippen molar-refractivity contribution in [3.8, 4) is 0 Å². The minimum atomic E-state index is -0.326. The highest BCUT2D eigenvalue weighted by molar-refractivity contribution is 5.89. The van der Waals surface area contributed by atoms with E-state index in [1.54, 1.807) is 23.4 Å². The zero-order chi connectivity index (χ0) is 16.4. The summed E-state index contributed by atoms with van der Waals surface area (Å²) in [4.78, 5) is 22.2. The van der Waals surface area contributed by atoms with Crippen molar-refractivity contribution in [1.82, 2.24) is 15.3 Å². The van der Waals surface area contributed by atoms with Gasteiger partial charge in [-0.15, -0.1) is 0 Å². The van der Waals surface area contributed by atoms with Crippen LogP contribution in [-0.4, -0.2) is 30.1 Å². The molecule has 2 aromatic rings. The third kappa shape index (κ3) is 3.39. The normalized spacial score (nSPS) is 15.9. The SMILES string of the molecule is CN(C)c1ncc(NC(=O)N[C@H]2CCc3cc(F)ccc32)cn1. The predicted octanol–water partition coefficient (Wildman–Crippen LogP) is 2.49. The molecule has 0 bridgehead atoms. The molecule has 0 radical (unpaired) electrons. The van der Waals surface area contributed by atoms with Crippen molar-refractivity contribution in [2.45, 2.75) is 18.9 Å². The molecule has 6 nitrogen and oxygen atoms in total. The van der Waals surface area contributed by atoms with Gasteiger partial charge in [0.15, 0.2) is 0 Å². The topological polar surface area (TPSA) is 70.2 Å². The summed E-state index contributed by atoms with van der Waals surface area (Å²) < 4.78 is 13.2. The number of aromatic nitrogens is 2. The molecule has 0 saturated heterocycles. The van der Waals surface area contributed by atoms with Gasteiger partial charge >= 0.3 is 6.03 Å². The lowest BCUT2D eigenvalue weighted by atomic mass is 10.1. The van der Waals surface area contributed by atoms with Crippen LogP contribution in [0.4, 0.5) is 20.8 Å². The molecule has 2 N–H and O–H groups in total. The highest BCUT2D eigenvalue weighted by Gasteiger charge is 2.24. The van der Waals surface area contributed by atoms with Crippen LogP contribution in [0.1, 0.15) is 23.6 Å². The minimum Gasteiger partial charge on any atom is -0.347 e. The third-order valence-electron chi connectivity index (χ3n) is 3.78. The molecule has 1 aromatic carbocycles. The maximum Gasteiger partial charge on any atom is 0.319 e. The second-order valence-corrected chi connectivity index (χ2v) is 5.70. The first-order valence-electron chi connectivity index (χ1n) is 7.38. The number of rotatable bonds is 3. The number of urea groups is 1. The third-order valence-corrected chi connectivity index (χ3v) is 3.78. The molecule has 3 rings (SSSR count). The molecule has 0 spiro atoms. The van der Waals surface area contributed by atoms with E-state index in [1.807, 2.05) is 14.1 Å². The molecule has 1 atom stereocenters. The Morgan fingerprint density at radius 3 is 2.74 bits per heavy atom. The average Bonchev–Trinajstić information content (AvgIpc) is 2.89. The fourth-order valence-corrected chi connectivity index (χ4v) is 2.68. The van der Waals surface area contributed by atoms with Gasteiger partial charge in [0.25, 0.3) is 0 Å². The number of halogens is 1. The fourth-order valence-electron chi connectivity index (χ4n) is 2.68. The second-order valence-electron chi connectivity index (χ2n) is 5.70. The van der Waals surface area contributed by atoms with E-state index < -0.39 is 0 Å². The number of fused-ring (bicyclic) bond motifs is 1. The Morgan fingerprint density at radius 1 is 1.30 bits per heavy atom. The number of nitrogens with zero attached hydrogens (tertiary/aromatic N) is 3. The first-order valence-corrected chi connectivity index (χ1v) is 7.38. The summed E-state index contributed by atoms with van der Waals surface area (Å²) in [6.45, 7) is 0. The van der Waals surface area contributed by atoms with Crippen molar-refractivity contribution < 1.29 is 9.18 Å². The zero-order valence-corrected chi connectivity index (χ0v) is 13.0. The van der Waals surface area contributed by atoms with Crippen molar-refractivity contribution in [3.63, 3.8) is 0 Å². The van der Waals surface area contributed by atoms with Crippen LogP contribution in [0.15, 0.2) is 30.6 Å². The van der Waals surface area contributed by atoms with Gasteiger partial charge in [0.05, 0.1) is 24.1 Å². The smallest absolute Gasteiger partial charge is 0.319 e. The molecule has 1 aliphatic rings. The Labute approximate surface area is 133 Å². The molecule has 0 aliphatic heterocycles. The van der Waals surface area contributed by atoms with E-state index in [-0.39, 0.29) is 17.9 Å². The average molecular weight is 315 g/mol. The highest BCUT2D eigenvalue weighted by Crippen LogP contribution is 2.31. The Hall–Kier alpha value is -2.70. The Balaban J connectivity index is 1.62. The number of nitrogens with one attached hydrogen (secondary N) is 2. The first-order chi connectivity index (χ1) is 11.0. The molecule has 1 heterocycles. The van der Waals surface area contributed by atoms with Gasteiger partial charge in [-0.05, 0) is 36.1 Å². The van der Waals surface area contributed by atoms with Crippen LogP contribution in [-0.2, 0) is 6.42 Å². The van der Waals surface area contributed by atoms with Gasteiger partial charge in [-0.25, -0.2) is 19.2 Å². The zero-order valence-electron chi connectivity index (χ0n) is 13.0. The largest absolute Gasteiger partial charge is 0.347 e. The number of benzene rings is 1. The molecular formula is C16H18FN5O. The molecule has 0 unspecified atom stereocenters. The van der Waals surface area contributed by atoms with E-state index in [0.29, 0.717) is 11.6 Å². The van der Waals surface area contributed by atoms with Crippen molar-refractivity contribution in [3.05, 3.63) is 47.5 Å². The lowest BCUT2D eigenvalue weighted by Gasteiger charge is -2.15. The summed E-state index contributed by atoms with van der Waals surface area (Å²) in [5, 5.41) is 5.61. The Kier molecular flexibility index (Phi) is 4.10. The van der Waals surface area contributed by atoms with Crippen LogP contribution in [0.5, 0.6) is 0 Å². The van der Waals surface area contributed by atoms with Gasteiger partial charge < -0.3 is 15.5 Å². The van der Waals surface area contributed by atoms with Gasteiger partial charge in [-0.3, -0.25) is 0 Å². The number of carbonyl (C=O) groups is 1. The minimum absolute atomic E-state index is 0.104. The fraction of sp³-hybridized carbons (Fsp3) is 0.312. The van der Waals surface area contributed by atoms with Crippen LogP contribution < -0.4 is 15.5 Å². The lowest BCUT2D eigenvalue weighted by molar-refractivity contribution is 0.248. The quantitative estimate of drug-likeness (QED) is 0.913. The number of anilines is 2. The molecule has 23 heavy (non-hydrogen) atoms. The summed E-state index contributed by atoms with van der Waals surface area (Å²) in [5.41, 5.74) is 2.44. The first kappa shape index (κ1) is 15.2. The van der Waals surface area contributed by atoms with Crippen LogP contribution in [0.25, 0.3) is 0 Å². The molecule has 0 saturated carbocycles. The van der Waals surface area contributed by atoms with Crippen LogP contribution in [0.2, 0.25) is 0 Å². The maximum absolute atomic E-state index is 13.2. The molecule has 0 fully saturated rings. The summed E-state index contributed by atoms with van der Waals surface area (Å²) in [7, 11) is 3.69. The van der Waals surface area contributed by atoms with Gasteiger partial charge in [0, 0.05) is 14.1 Å². The predicted molar refractivity (Wildman–Crippen MR) is 86.0 cm³/mol. The highest BCUT2D eigenvalue weighted by atomic mass is 19.1. The Morgan fingerprint density at radius 2 is 2.04 bits per heavy atom. The molecule has 2 amide bonds. The summed E-state index contributed by atoms with van der Waals surface area (Å²) in [5.74, 6) is 0.328. The number of carbonyl (C=O) groups excluding carboxylic acids is 1. The molecule has 1 aliphatic carbocycles. The van der Waals surface area contributed by atoms with Gasteiger partial charge in [-0.2, -0.15) is 0 Å². The standard InChI is InChI=1S/C16H18FN5O/c1-22(2)15-18-8-12(9-19-15)20-16(23)21-14-6-3-10-7-11(17)4-5-13(10)14/h4-5,7-9,14H,3,6H2,1-2H3,(H2,20,21,23)/t14-/m0/s1. The van der Waals surface area contributed by atoms with E-state index in [0.717, 1.165) is 24.0 Å². The summed E-state index contributed by atoms with van der Waals surface area (Å²) in [6.07, 6.45) is 4.64. The van der Waals surface area contributed by atoms with Crippen molar-refractivity contribution in [2.24, 2.45) is 0 Å². The summed E-state index contributed by atoms with van der Waals surface area (Å²) >= 11 is 0. The van der Waals surface area contributed by atoms with Crippen molar-refractivity contribution in [2.75, 3.05) is 24.3 Å². The molecule has 1 aromatic heterocycles. The Bertz CT molecular complexity index is 717. The maximum atomic E-state index is 13.2. The lowest BCUT2D eigenvalue weighted by Crippen LogP contribution is -2.31. The van der Waals surface area contributed by atoms with E-state index >= 15 is 0 Å². The van der Waals surface area contributed by atoms with Crippen LogP contribution >= 0.6 is 0 Å². The number of hydrogen-bond acceptors (Lipinski definition) is 4. The number of amides is 2. The van der Waals surface area contributed by atoms with Crippen LogP contribution in [0, 0.1) is 5.82 Å². The van der Waals surface area contributed by atoms with E-state index in [4.69, 9.17) is 0 Å². The van der Waals surface area contributed by atoms with Crippen LogP contribution in [0.3, 0.4) is 0 Å². The van der Waals surface area contributed by atoms with Gasteiger partial charge in [0.2, 0.25) is 5.95 Å². The van der Waals surface area contributed by atoms with Crippen molar-refractivity contribution in [1.29, 1.82) is 0 Å². The van der Waals surface area contributed by atoms with Gasteiger partial charge in [-0.1, -0.05) is 6.07 Å². The number of hydrogen-bond donors (Lipinski definition) is 2. The number of aryl methyl sites for hydroxylation is 1. The monoisotopic (exact) mass is 315 g/mol. The molecule has 120 valence electrons. The second kappa shape index (κ2) is 6.20. The van der Waals surface area contributed by atoms with E-state index in [1.165, 1.54) is 12.1 Å². The summed E-state index contributed by atoms with van der Waals surface area (Å²) in [6, 6.07) is 4.26. The molecular weight excluding hydrogens is 297 g/mol. The van der Waals surface area contributed by atoms with Gasteiger partial charge in [0.1, 0.15) is 5.82 Å². The van der Waals surface area contributed by atoms with E-state index in [9.17, 15) is 9.18 Å².